The highest BCUT2D eigenvalue weighted by Crippen LogP contribution is 2.25. The van der Waals surface area contributed by atoms with Gasteiger partial charge in [-0.05, 0) is 35.9 Å². The second kappa shape index (κ2) is 7.72. The molecule has 0 fully saturated rings. The number of aliphatic hydroxyl groups is 1. The maximum atomic E-state index is 13.9. The van der Waals surface area contributed by atoms with Crippen LogP contribution in [0.2, 0.25) is 0 Å². The van der Waals surface area contributed by atoms with Crippen LogP contribution in [0.1, 0.15) is 16.1 Å². The van der Waals surface area contributed by atoms with Crippen molar-refractivity contribution < 1.29 is 18.7 Å². The third-order valence-corrected chi connectivity index (χ3v) is 3.71. The molecule has 0 bridgehead atoms. The highest BCUT2D eigenvalue weighted by Gasteiger charge is 2.20. The van der Waals surface area contributed by atoms with Crippen LogP contribution in [-0.4, -0.2) is 34.0 Å². The van der Waals surface area contributed by atoms with Crippen molar-refractivity contribution in [2.24, 2.45) is 0 Å². The zero-order chi connectivity index (χ0) is 17.6. The van der Waals surface area contributed by atoms with Crippen molar-refractivity contribution in [3.8, 4) is 11.3 Å². The minimum absolute atomic E-state index is 0.0931. The van der Waals surface area contributed by atoms with Crippen molar-refractivity contribution in [3.05, 3.63) is 78.1 Å². The van der Waals surface area contributed by atoms with Gasteiger partial charge in [0, 0.05) is 25.5 Å². The zero-order valence-electron chi connectivity index (χ0n) is 13.4. The number of carbonyl (C=O) groups is 1. The van der Waals surface area contributed by atoms with Crippen LogP contribution in [0.3, 0.4) is 0 Å². The van der Waals surface area contributed by atoms with Gasteiger partial charge in [0.25, 0.3) is 5.91 Å². The molecule has 2 aromatic heterocycles. The van der Waals surface area contributed by atoms with Gasteiger partial charge >= 0.3 is 0 Å². The maximum Gasteiger partial charge on any atom is 0.289 e. The summed E-state index contributed by atoms with van der Waals surface area (Å²) in [5, 5.41) is 9.24. The van der Waals surface area contributed by atoms with Crippen LogP contribution in [0.25, 0.3) is 11.3 Å². The summed E-state index contributed by atoms with van der Waals surface area (Å²) in [6.07, 6.45) is 3.31. The molecular weight excluding hydrogens is 323 g/mol. The molecule has 0 radical (unpaired) electrons. The molecule has 128 valence electrons. The average molecular weight is 340 g/mol. The quantitative estimate of drug-likeness (QED) is 0.749. The van der Waals surface area contributed by atoms with Gasteiger partial charge in [-0.1, -0.05) is 18.2 Å². The topological polar surface area (TPSA) is 66.6 Å². The Morgan fingerprint density at radius 2 is 2.00 bits per heavy atom. The molecule has 0 spiro atoms. The Bertz CT molecular complexity index is 849. The van der Waals surface area contributed by atoms with Crippen LogP contribution in [-0.2, 0) is 6.54 Å². The Balaban J connectivity index is 1.82. The SMILES string of the molecule is O=C(c1ccc(-c2ccccc2F)o1)N(CCO)Cc1cccnc1. The van der Waals surface area contributed by atoms with Gasteiger partial charge in [0.05, 0.1) is 12.2 Å². The summed E-state index contributed by atoms with van der Waals surface area (Å²) >= 11 is 0. The molecule has 0 atom stereocenters. The van der Waals surface area contributed by atoms with Crippen LogP contribution >= 0.6 is 0 Å². The number of aromatic nitrogens is 1. The number of aliphatic hydroxyl groups excluding tert-OH is 1. The largest absolute Gasteiger partial charge is 0.451 e. The minimum atomic E-state index is -0.418. The van der Waals surface area contributed by atoms with Crippen molar-refractivity contribution >= 4 is 5.91 Å². The van der Waals surface area contributed by atoms with Crippen molar-refractivity contribution in [1.82, 2.24) is 9.88 Å². The van der Waals surface area contributed by atoms with Gasteiger partial charge in [0.15, 0.2) is 5.76 Å². The first-order valence-corrected chi connectivity index (χ1v) is 7.83. The lowest BCUT2D eigenvalue weighted by molar-refractivity contribution is 0.0676. The molecule has 1 amide bonds. The Morgan fingerprint density at radius 1 is 1.16 bits per heavy atom. The fraction of sp³-hybridized carbons (Fsp3) is 0.158. The number of pyridine rings is 1. The number of amides is 1. The van der Waals surface area contributed by atoms with E-state index in [9.17, 15) is 14.3 Å². The molecular formula is C19H17FN2O3. The van der Waals surface area contributed by atoms with Crippen LogP contribution in [0, 0.1) is 5.82 Å². The smallest absolute Gasteiger partial charge is 0.289 e. The zero-order valence-corrected chi connectivity index (χ0v) is 13.4. The number of benzene rings is 1. The third-order valence-electron chi connectivity index (χ3n) is 3.71. The molecule has 0 unspecified atom stereocenters. The molecule has 3 rings (SSSR count). The average Bonchev–Trinajstić information content (AvgIpc) is 3.12. The number of furan rings is 1. The highest BCUT2D eigenvalue weighted by atomic mass is 19.1. The lowest BCUT2D eigenvalue weighted by atomic mass is 10.1. The lowest BCUT2D eigenvalue weighted by Gasteiger charge is -2.20. The summed E-state index contributed by atoms with van der Waals surface area (Å²) < 4.78 is 19.4. The van der Waals surface area contributed by atoms with E-state index in [1.165, 1.54) is 17.0 Å². The van der Waals surface area contributed by atoms with Crippen molar-refractivity contribution in [2.45, 2.75) is 6.54 Å². The second-order valence-electron chi connectivity index (χ2n) is 5.46. The number of halogens is 1. The van der Waals surface area contributed by atoms with Gasteiger partial charge in [-0.25, -0.2) is 4.39 Å². The van der Waals surface area contributed by atoms with Gasteiger partial charge in [0.2, 0.25) is 0 Å². The first-order chi connectivity index (χ1) is 12.2. The fourth-order valence-corrected chi connectivity index (χ4v) is 2.50. The molecule has 0 aliphatic carbocycles. The van der Waals surface area contributed by atoms with Crippen LogP contribution in [0.4, 0.5) is 4.39 Å². The van der Waals surface area contributed by atoms with Gasteiger partial charge in [-0.2, -0.15) is 0 Å². The number of nitrogens with zero attached hydrogens (tertiary/aromatic N) is 2. The predicted octanol–water partition coefficient (Wildman–Crippen LogP) is 3.12. The monoisotopic (exact) mass is 340 g/mol. The summed E-state index contributed by atoms with van der Waals surface area (Å²) in [6.45, 7) is 0.277. The molecule has 5 nitrogen and oxygen atoms in total. The predicted molar refractivity (Wildman–Crippen MR) is 90.2 cm³/mol. The van der Waals surface area contributed by atoms with Crippen LogP contribution in [0.5, 0.6) is 0 Å². The molecule has 1 N–H and O–H groups in total. The van der Waals surface area contributed by atoms with E-state index in [0.29, 0.717) is 12.1 Å². The van der Waals surface area contributed by atoms with E-state index in [0.717, 1.165) is 5.56 Å². The van der Waals surface area contributed by atoms with Gasteiger partial charge in [0.1, 0.15) is 11.6 Å². The van der Waals surface area contributed by atoms with Gasteiger partial charge in [-0.15, -0.1) is 0 Å². The maximum absolute atomic E-state index is 13.9. The first kappa shape index (κ1) is 16.9. The molecule has 3 aromatic rings. The molecule has 1 aromatic carbocycles. The molecule has 6 heteroatoms. The Kier molecular flexibility index (Phi) is 5.20. The second-order valence-corrected chi connectivity index (χ2v) is 5.46. The van der Waals surface area contributed by atoms with E-state index in [1.54, 1.807) is 42.7 Å². The van der Waals surface area contributed by atoms with E-state index >= 15 is 0 Å². The van der Waals surface area contributed by atoms with E-state index in [1.807, 2.05) is 6.07 Å². The molecule has 2 heterocycles. The first-order valence-electron chi connectivity index (χ1n) is 7.83. The van der Waals surface area contributed by atoms with Crippen molar-refractivity contribution in [2.75, 3.05) is 13.2 Å². The Labute approximate surface area is 144 Å². The molecule has 0 aliphatic heterocycles. The minimum Gasteiger partial charge on any atom is -0.451 e. The Morgan fingerprint density at radius 3 is 2.72 bits per heavy atom. The van der Waals surface area contributed by atoms with Crippen LogP contribution in [0.15, 0.2) is 65.3 Å². The van der Waals surface area contributed by atoms with Crippen LogP contribution < -0.4 is 0 Å². The van der Waals surface area contributed by atoms with E-state index in [-0.39, 0.29) is 30.6 Å². The van der Waals surface area contributed by atoms with Crippen molar-refractivity contribution in [1.29, 1.82) is 0 Å². The number of hydrogen-bond donors (Lipinski definition) is 1. The number of carbonyl (C=O) groups excluding carboxylic acids is 1. The summed E-state index contributed by atoms with van der Waals surface area (Å²) in [5.41, 5.74) is 1.13. The summed E-state index contributed by atoms with van der Waals surface area (Å²) in [4.78, 5) is 18.2. The summed E-state index contributed by atoms with van der Waals surface area (Å²) in [5.74, 6) is -0.415. The fourth-order valence-electron chi connectivity index (χ4n) is 2.50. The normalized spacial score (nSPS) is 10.6. The Hall–Kier alpha value is -2.99. The van der Waals surface area contributed by atoms with Crippen molar-refractivity contribution in [3.63, 3.8) is 0 Å². The lowest BCUT2D eigenvalue weighted by Crippen LogP contribution is -2.32. The molecule has 0 saturated heterocycles. The highest BCUT2D eigenvalue weighted by molar-refractivity contribution is 5.92. The van der Waals surface area contributed by atoms with Gasteiger partial charge < -0.3 is 14.4 Å². The molecule has 0 saturated carbocycles. The van der Waals surface area contributed by atoms with E-state index < -0.39 is 5.82 Å². The number of hydrogen-bond acceptors (Lipinski definition) is 4. The molecule has 25 heavy (non-hydrogen) atoms. The van der Waals surface area contributed by atoms with E-state index in [4.69, 9.17) is 4.42 Å². The summed E-state index contributed by atoms with van der Waals surface area (Å²) in [6, 6.07) is 12.9. The van der Waals surface area contributed by atoms with Gasteiger partial charge in [-0.3, -0.25) is 9.78 Å². The van der Waals surface area contributed by atoms with E-state index in [2.05, 4.69) is 4.98 Å². The third kappa shape index (κ3) is 3.92. The molecule has 0 aliphatic rings. The summed E-state index contributed by atoms with van der Waals surface area (Å²) in [7, 11) is 0. The number of rotatable bonds is 6. The standard InChI is InChI=1S/C19H17FN2O3/c20-16-6-2-1-5-15(16)17-7-8-18(25-17)19(24)22(10-11-23)13-14-4-3-9-21-12-14/h1-9,12,23H,10-11,13H2.